The number of carboxylic acid groups (broad SMARTS) is 1. The Labute approximate surface area is 177 Å². The van der Waals surface area contributed by atoms with Crippen LogP contribution in [-0.2, 0) is 19.0 Å². The zero-order chi connectivity index (χ0) is 24.1. The molecule has 0 bridgehead atoms. The summed E-state index contributed by atoms with van der Waals surface area (Å²) in [6.45, 7) is 15.6. The highest BCUT2D eigenvalue weighted by molar-refractivity contribution is 5.89. The Hall–Kier alpha value is -2.72. The maximum atomic E-state index is 12.3. The predicted octanol–water partition coefficient (Wildman–Crippen LogP) is 2.73. The smallest absolute Gasteiger partial charge is 0.410 e. The summed E-state index contributed by atoms with van der Waals surface area (Å²) in [6, 6.07) is -1.37. The first-order valence-electron chi connectivity index (χ1n) is 9.42. The fourth-order valence-corrected chi connectivity index (χ4v) is 2.06. The first kappa shape index (κ1) is 27.3. The maximum Gasteiger partial charge on any atom is 0.410 e. The summed E-state index contributed by atoms with van der Waals surface area (Å²) in [5.74, 6) is -1.66. The van der Waals surface area contributed by atoms with Crippen molar-refractivity contribution < 1.29 is 38.5 Å². The van der Waals surface area contributed by atoms with Gasteiger partial charge in [-0.1, -0.05) is 0 Å². The molecule has 0 aliphatic carbocycles. The average Bonchev–Trinajstić information content (AvgIpc) is 2.39. The summed E-state index contributed by atoms with van der Waals surface area (Å²) >= 11 is 0. The van der Waals surface area contributed by atoms with Crippen molar-refractivity contribution in [3.8, 4) is 0 Å². The summed E-state index contributed by atoms with van der Waals surface area (Å²) in [5.41, 5.74) is -5.24. The van der Waals surface area contributed by atoms with Crippen molar-refractivity contribution in [2.24, 2.45) is 0 Å². The minimum absolute atomic E-state index is 0.854. The quantitative estimate of drug-likeness (QED) is 0.381. The van der Waals surface area contributed by atoms with Crippen LogP contribution in [0.3, 0.4) is 0 Å². The van der Waals surface area contributed by atoms with E-state index in [1.807, 2.05) is 0 Å². The number of carbonyl (C=O) groups is 4. The molecule has 4 N–H and O–H groups in total. The highest BCUT2D eigenvalue weighted by atomic mass is 16.6. The van der Waals surface area contributed by atoms with Gasteiger partial charge in [-0.05, 0) is 69.2 Å². The van der Waals surface area contributed by atoms with Gasteiger partial charge in [-0.2, -0.15) is 0 Å². The van der Waals surface area contributed by atoms with Gasteiger partial charge < -0.3 is 24.6 Å². The lowest BCUT2D eigenvalue weighted by atomic mass is 10.0. The van der Waals surface area contributed by atoms with Crippen LogP contribution < -0.4 is 16.0 Å². The van der Waals surface area contributed by atoms with Gasteiger partial charge in [0.25, 0.3) is 0 Å². The van der Waals surface area contributed by atoms with E-state index < -0.39 is 52.8 Å². The Morgan fingerprint density at radius 2 is 0.967 bits per heavy atom. The second-order valence-electron chi connectivity index (χ2n) is 9.73. The fraction of sp³-hybridized carbons (Fsp3) is 0.789. The molecule has 0 heterocycles. The van der Waals surface area contributed by atoms with Crippen LogP contribution in [0.4, 0.5) is 14.4 Å². The third-order valence-electron chi connectivity index (χ3n) is 3.12. The second-order valence-corrected chi connectivity index (χ2v) is 9.73. The zero-order valence-electron chi connectivity index (χ0n) is 19.4. The van der Waals surface area contributed by atoms with Crippen molar-refractivity contribution >= 4 is 24.2 Å². The minimum Gasteiger partial charge on any atom is -0.478 e. The van der Waals surface area contributed by atoms with Crippen molar-refractivity contribution in [3.63, 3.8) is 0 Å². The lowest BCUT2D eigenvalue weighted by molar-refractivity contribution is -0.147. The third-order valence-corrected chi connectivity index (χ3v) is 3.12. The number of ether oxygens (including phenoxy) is 3. The zero-order valence-corrected chi connectivity index (χ0v) is 19.4. The van der Waals surface area contributed by atoms with E-state index in [1.165, 1.54) is 6.92 Å². The molecule has 0 aromatic carbocycles. The summed E-state index contributed by atoms with van der Waals surface area (Å²) in [5, 5.41) is 16.5. The molecule has 11 heteroatoms. The molecule has 3 amide bonds. The SMILES string of the molecule is CC(NC(=O)OC(C)(C)C)C(NC(=O)OC(C)(C)C)(NC(=O)OC(C)(C)C)C(=O)O. The number of carbonyl (C=O) groups excluding carboxylic acids is 3. The van der Waals surface area contributed by atoms with Gasteiger partial charge in [-0.3, -0.25) is 10.6 Å². The van der Waals surface area contributed by atoms with Gasteiger partial charge in [-0.25, -0.2) is 19.2 Å². The molecule has 0 aliphatic rings. The van der Waals surface area contributed by atoms with Crippen LogP contribution in [-0.4, -0.2) is 57.9 Å². The first-order valence-corrected chi connectivity index (χ1v) is 9.42. The maximum absolute atomic E-state index is 12.3. The molecule has 0 aromatic heterocycles. The normalized spacial score (nSPS) is 13.5. The lowest BCUT2D eigenvalue weighted by Gasteiger charge is -2.37. The number of aliphatic carboxylic acids is 1. The molecule has 0 saturated heterocycles. The molecule has 174 valence electrons. The Kier molecular flexibility index (Phi) is 8.54. The van der Waals surface area contributed by atoms with Crippen molar-refractivity contribution in [1.82, 2.24) is 16.0 Å². The number of amides is 3. The lowest BCUT2D eigenvalue weighted by Crippen LogP contribution is -2.74. The van der Waals surface area contributed by atoms with Crippen molar-refractivity contribution in [2.45, 2.75) is 97.7 Å². The van der Waals surface area contributed by atoms with Gasteiger partial charge in [-0.15, -0.1) is 0 Å². The van der Waals surface area contributed by atoms with E-state index >= 15 is 0 Å². The Balaban J connectivity index is 5.92. The molecule has 1 unspecified atom stereocenters. The molecule has 0 aromatic rings. The van der Waals surface area contributed by atoms with Crippen LogP contribution >= 0.6 is 0 Å². The molecule has 11 nitrogen and oxygen atoms in total. The molecule has 30 heavy (non-hydrogen) atoms. The Bertz CT molecular complexity index is 626. The number of nitrogens with one attached hydrogen (secondary N) is 3. The molecule has 0 saturated carbocycles. The highest BCUT2D eigenvalue weighted by Gasteiger charge is 2.50. The number of hydrogen-bond acceptors (Lipinski definition) is 7. The topological polar surface area (TPSA) is 152 Å². The standard InChI is InChI=1S/C19H35N3O8/c1-11(20-13(25)28-16(2,3)4)19(12(23)24,21-14(26)29-17(5,6)7)22-15(27)30-18(8,9)10/h11H,1-10H3,(H,20,25)(H,21,26)(H,22,27)(H,23,24). The Morgan fingerprint density at radius 3 is 1.23 bits per heavy atom. The van der Waals surface area contributed by atoms with Crippen LogP contribution in [0.25, 0.3) is 0 Å². The number of carboxylic acids is 1. The first-order chi connectivity index (χ1) is 13.2. The third kappa shape index (κ3) is 10.2. The molecule has 0 fully saturated rings. The van der Waals surface area contributed by atoms with Gasteiger partial charge in [0, 0.05) is 0 Å². The summed E-state index contributed by atoms with van der Waals surface area (Å²) in [7, 11) is 0. The van der Waals surface area contributed by atoms with Crippen LogP contribution in [0.1, 0.15) is 69.2 Å². The minimum atomic E-state index is -2.50. The largest absolute Gasteiger partial charge is 0.478 e. The molecule has 0 spiro atoms. The van der Waals surface area contributed by atoms with Crippen molar-refractivity contribution in [2.75, 3.05) is 0 Å². The van der Waals surface area contributed by atoms with Crippen LogP contribution in [0, 0.1) is 0 Å². The molecular weight excluding hydrogens is 398 g/mol. The predicted molar refractivity (Wildman–Crippen MR) is 108 cm³/mol. The van der Waals surface area contributed by atoms with Crippen LogP contribution in [0.15, 0.2) is 0 Å². The van der Waals surface area contributed by atoms with E-state index in [0.717, 1.165) is 0 Å². The molecule has 0 rings (SSSR count). The van der Waals surface area contributed by atoms with Crippen molar-refractivity contribution in [3.05, 3.63) is 0 Å². The Morgan fingerprint density at radius 1 is 0.667 bits per heavy atom. The summed E-state index contributed by atoms with van der Waals surface area (Å²) < 4.78 is 15.3. The van der Waals surface area contributed by atoms with Crippen LogP contribution in [0.5, 0.6) is 0 Å². The molecular formula is C19H35N3O8. The molecule has 1 atom stereocenters. The van der Waals surface area contributed by atoms with Gasteiger partial charge in [0.1, 0.15) is 16.8 Å². The van der Waals surface area contributed by atoms with Gasteiger partial charge in [0.15, 0.2) is 0 Å². The number of alkyl carbamates (subject to hydrolysis) is 3. The summed E-state index contributed by atoms with van der Waals surface area (Å²) in [4.78, 5) is 49.0. The number of rotatable bonds is 5. The van der Waals surface area contributed by atoms with E-state index in [4.69, 9.17) is 14.2 Å². The van der Waals surface area contributed by atoms with Gasteiger partial charge >= 0.3 is 24.2 Å². The van der Waals surface area contributed by atoms with Gasteiger partial charge in [0.2, 0.25) is 5.66 Å². The van der Waals surface area contributed by atoms with E-state index in [9.17, 15) is 24.3 Å². The molecule has 0 aliphatic heterocycles. The van der Waals surface area contributed by atoms with Crippen LogP contribution in [0.2, 0.25) is 0 Å². The van der Waals surface area contributed by atoms with E-state index in [1.54, 1.807) is 62.3 Å². The summed E-state index contributed by atoms with van der Waals surface area (Å²) in [6.07, 6.45) is -3.20. The monoisotopic (exact) mass is 433 g/mol. The van der Waals surface area contributed by atoms with Crippen molar-refractivity contribution in [1.29, 1.82) is 0 Å². The van der Waals surface area contributed by atoms with E-state index in [0.29, 0.717) is 0 Å². The number of hydrogen-bond donors (Lipinski definition) is 4. The fourth-order valence-electron chi connectivity index (χ4n) is 2.06. The van der Waals surface area contributed by atoms with E-state index in [-0.39, 0.29) is 0 Å². The second kappa shape index (κ2) is 9.40. The average molecular weight is 434 g/mol. The van der Waals surface area contributed by atoms with E-state index in [2.05, 4.69) is 16.0 Å². The van der Waals surface area contributed by atoms with Gasteiger partial charge in [0.05, 0.1) is 6.04 Å². The molecule has 0 radical (unpaired) electrons. The highest BCUT2D eigenvalue weighted by Crippen LogP contribution is 2.16.